The van der Waals surface area contributed by atoms with Crippen molar-refractivity contribution in [2.24, 2.45) is 5.73 Å². The van der Waals surface area contributed by atoms with Crippen molar-refractivity contribution in [1.82, 2.24) is 4.72 Å². The molecular weight excluding hydrogens is 276 g/mol. The first-order valence-electron chi connectivity index (χ1n) is 7.03. The molecule has 0 aromatic heterocycles. The van der Waals surface area contributed by atoms with Crippen molar-refractivity contribution in [1.29, 1.82) is 0 Å². The first-order chi connectivity index (χ1) is 9.63. The zero-order chi connectivity index (χ0) is 14.4. The molecule has 1 aliphatic heterocycles. The SMILES string of the molecule is NCc1ccccc1S(=O)(=O)NCCC1CCCCO1. The summed E-state index contributed by atoms with van der Waals surface area (Å²) in [5, 5.41) is 0. The summed E-state index contributed by atoms with van der Waals surface area (Å²) in [5.41, 5.74) is 6.21. The fourth-order valence-corrected chi connectivity index (χ4v) is 3.70. The maximum atomic E-state index is 12.2. The van der Waals surface area contributed by atoms with E-state index in [0.29, 0.717) is 18.5 Å². The van der Waals surface area contributed by atoms with Crippen molar-refractivity contribution < 1.29 is 13.2 Å². The molecule has 0 spiro atoms. The molecule has 1 fully saturated rings. The van der Waals surface area contributed by atoms with Crippen LogP contribution in [0, 0.1) is 0 Å². The number of nitrogens with two attached hydrogens (primary N) is 1. The number of rotatable bonds is 6. The molecule has 3 N–H and O–H groups in total. The van der Waals surface area contributed by atoms with Crippen LogP contribution in [0.1, 0.15) is 31.2 Å². The Hall–Kier alpha value is -0.950. The summed E-state index contributed by atoms with van der Waals surface area (Å²) >= 11 is 0. The lowest BCUT2D eigenvalue weighted by Gasteiger charge is -2.22. The maximum absolute atomic E-state index is 12.2. The van der Waals surface area contributed by atoms with E-state index < -0.39 is 10.0 Å². The Morgan fingerprint density at radius 1 is 1.30 bits per heavy atom. The monoisotopic (exact) mass is 298 g/mol. The molecular formula is C14H22N2O3S. The van der Waals surface area contributed by atoms with Gasteiger partial charge in [0.1, 0.15) is 0 Å². The number of hydrogen-bond donors (Lipinski definition) is 2. The molecule has 0 saturated carbocycles. The highest BCUT2D eigenvalue weighted by Gasteiger charge is 2.19. The van der Waals surface area contributed by atoms with E-state index in [4.69, 9.17) is 10.5 Å². The average Bonchev–Trinajstić information content (AvgIpc) is 2.48. The van der Waals surface area contributed by atoms with E-state index in [0.717, 1.165) is 25.9 Å². The van der Waals surface area contributed by atoms with E-state index >= 15 is 0 Å². The van der Waals surface area contributed by atoms with Crippen molar-refractivity contribution in [3.63, 3.8) is 0 Å². The van der Waals surface area contributed by atoms with Gasteiger partial charge < -0.3 is 10.5 Å². The summed E-state index contributed by atoms with van der Waals surface area (Å²) < 4.78 is 32.7. The van der Waals surface area contributed by atoms with Crippen LogP contribution in [0.5, 0.6) is 0 Å². The minimum Gasteiger partial charge on any atom is -0.378 e. The summed E-state index contributed by atoms with van der Waals surface area (Å²) in [6, 6.07) is 6.81. The third-order valence-corrected chi connectivity index (χ3v) is 5.08. The summed E-state index contributed by atoms with van der Waals surface area (Å²) in [4.78, 5) is 0.270. The van der Waals surface area contributed by atoms with Crippen LogP contribution in [-0.2, 0) is 21.3 Å². The van der Waals surface area contributed by atoms with Crippen molar-refractivity contribution >= 4 is 10.0 Å². The normalized spacial score (nSPS) is 19.9. The topological polar surface area (TPSA) is 81.4 Å². The molecule has 1 aromatic carbocycles. The molecule has 1 aliphatic rings. The molecule has 1 heterocycles. The molecule has 2 rings (SSSR count). The predicted octanol–water partition coefficient (Wildman–Crippen LogP) is 1.38. The minimum absolute atomic E-state index is 0.177. The highest BCUT2D eigenvalue weighted by Crippen LogP contribution is 2.17. The molecule has 0 bridgehead atoms. The van der Waals surface area contributed by atoms with Gasteiger partial charge in [-0.05, 0) is 37.3 Å². The van der Waals surface area contributed by atoms with Crippen LogP contribution >= 0.6 is 0 Å². The highest BCUT2D eigenvalue weighted by atomic mass is 32.2. The van der Waals surface area contributed by atoms with E-state index in [9.17, 15) is 8.42 Å². The van der Waals surface area contributed by atoms with Crippen LogP contribution in [0.3, 0.4) is 0 Å². The molecule has 0 amide bonds. The van der Waals surface area contributed by atoms with Gasteiger partial charge in [-0.2, -0.15) is 0 Å². The minimum atomic E-state index is -3.49. The third-order valence-electron chi connectivity index (χ3n) is 3.51. The summed E-state index contributed by atoms with van der Waals surface area (Å²) in [6.45, 7) is 1.39. The van der Waals surface area contributed by atoms with Gasteiger partial charge in [0.2, 0.25) is 10.0 Å². The van der Waals surface area contributed by atoms with Gasteiger partial charge in [0.05, 0.1) is 11.0 Å². The number of benzene rings is 1. The van der Waals surface area contributed by atoms with E-state index in [1.165, 1.54) is 0 Å². The van der Waals surface area contributed by atoms with Gasteiger partial charge >= 0.3 is 0 Å². The van der Waals surface area contributed by atoms with Crippen LogP contribution in [0.15, 0.2) is 29.2 Å². The second kappa shape index (κ2) is 7.17. The Morgan fingerprint density at radius 2 is 2.10 bits per heavy atom. The number of nitrogens with one attached hydrogen (secondary N) is 1. The largest absolute Gasteiger partial charge is 0.378 e. The van der Waals surface area contributed by atoms with E-state index in [2.05, 4.69) is 4.72 Å². The molecule has 20 heavy (non-hydrogen) atoms. The van der Waals surface area contributed by atoms with Gasteiger partial charge in [-0.15, -0.1) is 0 Å². The Bertz CT molecular complexity index is 525. The van der Waals surface area contributed by atoms with E-state index in [1.54, 1.807) is 24.3 Å². The van der Waals surface area contributed by atoms with Gasteiger partial charge in [0, 0.05) is 19.7 Å². The molecule has 1 atom stereocenters. The van der Waals surface area contributed by atoms with Gasteiger partial charge in [-0.1, -0.05) is 18.2 Å². The van der Waals surface area contributed by atoms with Crippen LogP contribution in [0.25, 0.3) is 0 Å². The fourth-order valence-electron chi connectivity index (χ4n) is 2.40. The molecule has 5 nitrogen and oxygen atoms in total. The fraction of sp³-hybridized carbons (Fsp3) is 0.571. The zero-order valence-electron chi connectivity index (χ0n) is 11.5. The molecule has 6 heteroatoms. The molecule has 0 aliphatic carbocycles. The quantitative estimate of drug-likeness (QED) is 0.831. The Labute approximate surface area is 120 Å². The molecule has 1 aromatic rings. The molecule has 1 saturated heterocycles. The Kier molecular flexibility index (Phi) is 5.54. The molecule has 0 radical (unpaired) electrons. The van der Waals surface area contributed by atoms with Crippen LogP contribution in [0.2, 0.25) is 0 Å². The van der Waals surface area contributed by atoms with Crippen LogP contribution in [-0.4, -0.2) is 27.7 Å². The van der Waals surface area contributed by atoms with E-state index in [-0.39, 0.29) is 17.5 Å². The molecule has 112 valence electrons. The van der Waals surface area contributed by atoms with Gasteiger partial charge in [-0.3, -0.25) is 0 Å². The lowest BCUT2D eigenvalue weighted by atomic mass is 10.1. The Morgan fingerprint density at radius 3 is 2.80 bits per heavy atom. The van der Waals surface area contributed by atoms with Gasteiger partial charge in [0.25, 0.3) is 0 Å². The third kappa shape index (κ3) is 4.02. The lowest BCUT2D eigenvalue weighted by molar-refractivity contribution is 0.0123. The van der Waals surface area contributed by atoms with Crippen LogP contribution in [0.4, 0.5) is 0 Å². The van der Waals surface area contributed by atoms with Gasteiger partial charge in [0.15, 0.2) is 0 Å². The molecule has 1 unspecified atom stereocenters. The average molecular weight is 298 g/mol. The maximum Gasteiger partial charge on any atom is 0.240 e. The number of ether oxygens (including phenoxy) is 1. The lowest BCUT2D eigenvalue weighted by Crippen LogP contribution is -2.30. The van der Waals surface area contributed by atoms with Crippen molar-refractivity contribution in [2.45, 2.75) is 43.2 Å². The summed E-state index contributed by atoms with van der Waals surface area (Å²) in [6.07, 6.45) is 4.17. The van der Waals surface area contributed by atoms with Crippen LogP contribution < -0.4 is 10.5 Å². The summed E-state index contributed by atoms with van der Waals surface area (Å²) in [5.74, 6) is 0. The van der Waals surface area contributed by atoms with Crippen molar-refractivity contribution in [3.8, 4) is 0 Å². The zero-order valence-corrected chi connectivity index (χ0v) is 12.4. The number of sulfonamides is 1. The standard InChI is InChI=1S/C14H22N2O3S/c15-11-12-5-1-2-7-14(12)20(17,18)16-9-8-13-6-3-4-10-19-13/h1-2,5,7,13,16H,3-4,6,8-11,15H2. The van der Waals surface area contributed by atoms with Gasteiger partial charge in [-0.25, -0.2) is 13.1 Å². The van der Waals surface area contributed by atoms with E-state index in [1.807, 2.05) is 0 Å². The second-order valence-corrected chi connectivity index (χ2v) is 6.72. The Balaban J connectivity index is 1.93. The highest BCUT2D eigenvalue weighted by molar-refractivity contribution is 7.89. The van der Waals surface area contributed by atoms with Crippen molar-refractivity contribution in [3.05, 3.63) is 29.8 Å². The second-order valence-electron chi connectivity index (χ2n) is 4.99. The summed E-state index contributed by atoms with van der Waals surface area (Å²) in [7, 11) is -3.49. The first kappa shape index (κ1) is 15.4. The number of hydrogen-bond acceptors (Lipinski definition) is 4. The van der Waals surface area contributed by atoms with Crippen molar-refractivity contribution in [2.75, 3.05) is 13.2 Å². The smallest absolute Gasteiger partial charge is 0.240 e. The predicted molar refractivity (Wildman–Crippen MR) is 77.7 cm³/mol. The first-order valence-corrected chi connectivity index (χ1v) is 8.51.